The minimum absolute atomic E-state index is 1.01. The topological polar surface area (TPSA) is 15.6 Å². The van der Waals surface area contributed by atoms with E-state index in [1.54, 1.807) is 0 Å². The third-order valence-electron chi connectivity index (χ3n) is 1.16. The minimum Gasteiger partial charge on any atom is -0.298 e. The first-order valence-electron chi connectivity index (χ1n) is 3.62. The van der Waals surface area contributed by atoms with Gasteiger partial charge in [-0.3, -0.25) is 5.01 Å². The molecule has 0 spiro atoms. The Balaban J connectivity index is 3.41. The first kappa shape index (κ1) is 8.47. The lowest BCUT2D eigenvalue weighted by molar-refractivity contribution is 0.322. The van der Waals surface area contributed by atoms with Crippen LogP contribution in [0.1, 0.15) is 27.2 Å². The Bertz CT molecular complexity index is 75.0. The molecule has 0 heterocycles. The Kier molecular flexibility index (Phi) is 5.27. The largest absolute Gasteiger partial charge is 0.298 e. The predicted molar refractivity (Wildman–Crippen MR) is 41.7 cm³/mol. The third-order valence-corrected chi connectivity index (χ3v) is 1.16. The normalized spacial score (nSPS) is 10.6. The molecular weight excluding hydrogens is 112 g/mol. The maximum absolute atomic E-state index is 4.19. The quantitative estimate of drug-likeness (QED) is 0.416. The number of hydrogen-bond acceptors (Lipinski definition) is 2. The van der Waals surface area contributed by atoms with Crippen molar-refractivity contribution in [3.63, 3.8) is 0 Å². The van der Waals surface area contributed by atoms with Crippen molar-refractivity contribution in [1.82, 2.24) is 5.01 Å². The Morgan fingerprint density at radius 2 is 1.78 bits per heavy atom. The van der Waals surface area contributed by atoms with E-state index < -0.39 is 0 Å². The first-order valence-corrected chi connectivity index (χ1v) is 3.62. The van der Waals surface area contributed by atoms with Crippen LogP contribution in [0.2, 0.25) is 0 Å². The molecule has 0 fully saturated rings. The number of rotatable bonds is 4. The summed E-state index contributed by atoms with van der Waals surface area (Å²) in [5.74, 6) is 0. The summed E-state index contributed by atoms with van der Waals surface area (Å²) in [7, 11) is 0. The molecule has 0 aromatic heterocycles. The Hall–Kier alpha value is -0.530. The van der Waals surface area contributed by atoms with Gasteiger partial charge in [-0.2, -0.15) is 5.10 Å². The zero-order valence-electron chi connectivity index (χ0n) is 6.59. The van der Waals surface area contributed by atoms with Gasteiger partial charge in [0.25, 0.3) is 0 Å². The van der Waals surface area contributed by atoms with Crippen molar-refractivity contribution >= 4 is 6.21 Å². The van der Waals surface area contributed by atoms with Crippen LogP contribution in [-0.2, 0) is 0 Å². The lowest BCUT2D eigenvalue weighted by Crippen LogP contribution is -2.15. The van der Waals surface area contributed by atoms with Crippen LogP contribution in [0.5, 0.6) is 0 Å². The van der Waals surface area contributed by atoms with Crippen LogP contribution in [0.15, 0.2) is 5.10 Å². The van der Waals surface area contributed by atoms with Gasteiger partial charge < -0.3 is 0 Å². The van der Waals surface area contributed by atoms with Crippen LogP contribution in [0.4, 0.5) is 0 Å². The summed E-state index contributed by atoms with van der Waals surface area (Å²) in [5.41, 5.74) is 0. The molecular formula is C7H16N2. The van der Waals surface area contributed by atoms with E-state index in [1.165, 1.54) is 0 Å². The lowest BCUT2D eigenvalue weighted by Gasteiger charge is -2.12. The molecule has 0 aromatic carbocycles. The molecule has 0 radical (unpaired) electrons. The molecule has 2 nitrogen and oxygen atoms in total. The van der Waals surface area contributed by atoms with Crippen molar-refractivity contribution in [2.75, 3.05) is 13.1 Å². The average molecular weight is 128 g/mol. The molecule has 0 saturated heterocycles. The predicted octanol–water partition coefficient (Wildman–Crippen LogP) is 1.72. The van der Waals surface area contributed by atoms with E-state index in [2.05, 4.69) is 25.9 Å². The number of nitrogens with zero attached hydrogens (tertiary/aromatic N) is 2. The van der Waals surface area contributed by atoms with E-state index in [1.807, 2.05) is 11.2 Å². The zero-order valence-corrected chi connectivity index (χ0v) is 6.59. The molecule has 0 N–H and O–H groups in total. The molecule has 0 atom stereocenters. The van der Waals surface area contributed by atoms with Crippen molar-refractivity contribution < 1.29 is 0 Å². The van der Waals surface area contributed by atoms with Crippen molar-refractivity contribution in [3.8, 4) is 0 Å². The molecule has 0 saturated carbocycles. The van der Waals surface area contributed by atoms with E-state index in [4.69, 9.17) is 0 Å². The Labute approximate surface area is 57.6 Å². The van der Waals surface area contributed by atoms with Crippen LogP contribution in [0.3, 0.4) is 0 Å². The van der Waals surface area contributed by atoms with E-state index in [-0.39, 0.29) is 0 Å². The highest BCUT2D eigenvalue weighted by Gasteiger charge is 1.87. The lowest BCUT2D eigenvalue weighted by atomic mass is 10.5. The second kappa shape index (κ2) is 5.60. The molecule has 0 aromatic rings. The smallest absolute Gasteiger partial charge is 0.0331 e. The Morgan fingerprint density at radius 1 is 1.22 bits per heavy atom. The maximum Gasteiger partial charge on any atom is 0.0331 e. The summed E-state index contributed by atoms with van der Waals surface area (Å²) >= 11 is 0. The van der Waals surface area contributed by atoms with Gasteiger partial charge in [0.1, 0.15) is 0 Å². The fraction of sp³-hybridized carbons (Fsp3) is 0.857. The summed E-state index contributed by atoms with van der Waals surface area (Å²) in [6.45, 7) is 8.32. The highest BCUT2D eigenvalue weighted by molar-refractivity contribution is 5.55. The molecule has 0 rings (SSSR count). The van der Waals surface area contributed by atoms with Gasteiger partial charge in [0, 0.05) is 19.3 Å². The SMILES string of the molecule is CCC=NN(CC)CC. The van der Waals surface area contributed by atoms with Gasteiger partial charge in [-0.25, -0.2) is 0 Å². The van der Waals surface area contributed by atoms with Crippen LogP contribution in [-0.4, -0.2) is 24.3 Å². The highest BCUT2D eigenvalue weighted by Crippen LogP contribution is 1.85. The van der Waals surface area contributed by atoms with Gasteiger partial charge in [-0.05, 0) is 20.3 Å². The number of hydrogen-bond donors (Lipinski definition) is 0. The van der Waals surface area contributed by atoms with E-state index >= 15 is 0 Å². The highest BCUT2D eigenvalue weighted by atomic mass is 15.4. The first-order chi connectivity index (χ1) is 4.35. The standard InChI is InChI=1S/C7H16N2/c1-4-7-8-9(5-2)6-3/h7H,4-6H2,1-3H3. The zero-order chi connectivity index (χ0) is 7.11. The molecule has 2 heteroatoms. The van der Waals surface area contributed by atoms with Gasteiger partial charge in [-0.1, -0.05) is 6.92 Å². The summed E-state index contributed by atoms with van der Waals surface area (Å²) < 4.78 is 0. The molecule has 54 valence electrons. The fourth-order valence-electron chi connectivity index (χ4n) is 0.584. The monoisotopic (exact) mass is 128 g/mol. The van der Waals surface area contributed by atoms with Crippen molar-refractivity contribution in [2.24, 2.45) is 5.10 Å². The van der Waals surface area contributed by atoms with Crippen LogP contribution < -0.4 is 0 Å². The molecule has 9 heavy (non-hydrogen) atoms. The summed E-state index contributed by atoms with van der Waals surface area (Å²) in [4.78, 5) is 0. The van der Waals surface area contributed by atoms with Crippen LogP contribution in [0.25, 0.3) is 0 Å². The summed E-state index contributed by atoms with van der Waals surface area (Å²) in [6.07, 6.45) is 2.96. The second-order valence-corrected chi connectivity index (χ2v) is 1.85. The van der Waals surface area contributed by atoms with Gasteiger partial charge in [0.15, 0.2) is 0 Å². The van der Waals surface area contributed by atoms with Crippen molar-refractivity contribution in [1.29, 1.82) is 0 Å². The van der Waals surface area contributed by atoms with Gasteiger partial charge in [-0.15, -0.1) is 0 Å². The van der Waals surface area contributed by atoms with Crippen molar-refractivity contribution in [2.45, 2.75) is 27.2 Å². The van der Waals surface area contributed by atoms with E-state index in [0.29, 0.717) is 0 Å². The molecule has 0 aliphatic heterocycles. The van der Waals surface area contributed by atoms with Gasteiger partial charge in [0.05, 0.1) is 0 Å². The Morgan fingerprint density at radius 3 is 2.11 bits per heavy atom. The molecule has 0 unspecified atom stereocenters. The van der Waals surface area contributed by atoms with Crippen LogP contribution in [0, 0.1) is 0 Å². The van der Waals surface area contributed by atoms with E-state index in [0.717, 1.165) is 19.5 Å². The molecule has 0 aliphatic carbocycles. The molecule has 0 amide bonds. The van der Waals surface area contributed by atoms with Gasteiger partial charge in [0.2, 0.25) is 0 Å². The minimum atomic E-state index is 1.01. The van der Waals surface area contributed by atoms with Crippen LogP contribution >= 0.6 is 0 Å². The second-order valence-electron chi connectivity index (χ2n) is 1.85. The summed E-state index contributed by atoms with van der Waals surface area (Å²) in [6, 6.07) is 0. The average Bonchev–Trinajstić information content (AvgIpc) is 1.91. The molecule has 0 bridgehead atoms. The summed E-state index contributed by atoms with van der Waals surface area (Å²) in [5, 5.41) is 6.22. The fourth-order valence-corrected chi connectivity index (χ4v) is 0.584. The molecule has 0 aliphatic rings. The van der Waals surface area contributed by atoms with Crippen molar-refractivity contribution in [3.05, 3.63) is 0 Å². The van der Waals surface area contributed by atoms with E-state index in [9.17, 15) is 0 Å². The maximum atomic E-state index is 4.19. The number of hydrazone groups is 1. The third kappa shape index (κ3) is 4.01. The van der Waals surface area contributed by atoms with Gasteiger partial charge >= 0.3 is 0 Å².